The Bertz CT molecular complexity index is 627. The smallest absolute Gasteiger partial charge is 0.160 e. The molecule has 0 unspecified atom stereocenters. The molecule has 0 N–H and O–H groups in total. The van der Waals surface area contributed by atoms with Gasteiger partial charge in [0, 0.05) is 11.6 Å². The third-order valence-electron chi connectivity index (χ3n) is 2.64. The first kappa shape index (κ1) is 9.85. The zero-order valence-corrected chi connectivity index (χ0v) is 9.25. The molecule has 0 spiro atoms. The van der Waals surface area contributed by atoms with Gasteiger partial charge in [0.05, 0.1) is 5.69 Å². The molecule has 1 radical (unpaired) electrons. The topological polar surface area (TPSA) is 27.0 Å². The summed E-state index contributed by atoms with van der Waals surface area (Å²) in [6.07, 6.45) is 1.80. The number of pyridine rings is 1. The van der Waals surface area contributed by atoms with E-state index in [1.54, 1.807) is 6.20 Å². The highest BCUT2D eigenvalue weighted by Crippen LogP contribution is 2.23. The van der Waals surface area contributed by atoms with Crippen LogP contribution in [0.4, 0.5) is 11.5 Å². The van der Waals surface area contributed by atoms with Crippen molar-refractivity contribution in [2.45, 2.75) is 0 Å². The van der Waals surface area contributed by atoms with Gasteiger partial charge in [-0.25, -0.2) is 10.3 Å². The lowest BCUT2D eigenvalue weighted by molar-refractivity contribution is 1.12. The summed E-state index contributed by atoms with van der Waals surface area (Å²) in [4.78, 5) is 4.34. The highest BCUT2D eigenvalue weighted by Gasteiger charge is 2.03. The first-order valence-electron chi connectivity index (χ1n) is 5.54. The Morgan fingerprint density at radius 3 is 2.41 bits per heavy atom. The highest BCUT2D eigenvalue weighted by molar-refractivity contribution is 5.90. The third kappa shape index (κ3) is 1.97. The van der Waals surface area contributed by atoms with Crippen LogP contribution in [0.3, 0.4) is 0 Å². The number of rotatable bonds is 2. The van der Waals surface area contributed by atoms with Gasteiger partial charge < -0.3 is 0 Å². The number of nitrogens with zero attached hydrogens (tertiary/aromatic N) is 2. The van der Waals surface area contributed by atoms with E-state index in [1.165, 1.54) is 0 Å². The molecule has 81 valence electrons. The molecule has 0 aliphatic carbocycles. The summed E-state index contributed by atoms with van der Waals surface area (Å²) in [5, 5.41) is 6.80. The summed E-state index contributed by atoms with van der Waals surface area (Å²) < 4.78 is 0. The molecule has 1 heterocycles. The van der Waals surface area contributed by atoms with Crippen LogP contribution in [0, 0.1) is 0 Å². The fourth-order valence-corrected chi connectivity index (χ4v) is 1.82. The maximum Gasteiger partial charge on any atom is 0.160 e. The van der Waals surface area contributed by atoms with Gasteiger partial charge >= 0.3 is 0 Å². The van der Waals surface area contributed by atoms with Crippen molar-refractivity contribution < 1.29 is 0 Å². The van der Waals surface area contributed by atoms with Crippen LogP contribution in [-0.2, 0) is 0 Å². The fourth-order valence-electron chi connectivity index (χ4n) is 1.82. The molecule has 17 heavy (non-hydrogen) atoms. The Balaban J connectivity index is 2.06. The third-order valence-corrected chi connectivity index (χ3v) is 2.64. The van der Waals surface area contributed by atoms with Crippen LogP contribution in [0.25, 0.3) is 10.8 Å². The van der Waals surface area contributed by atoms with E-state index >= 15 is 0 Å². The summed E-state index contributed by atoms with van der Waals surface area (Å²) in [5.74, 6) is 0.773. The fraction of sp³-hybridized carbons (Fsp3) is 0. The SMILES string of the molecule is c1ccc([N]c2nccc3ccccc23)cc1. The van der Waals surface area contributed by atoms with Crippen molar-refractivity contribution in [1.82, 2.24) is 10.3 Å². The highest BCUT2D eigenvalue weighted by atomic mass is 15.0. The van der Waals surface area contributed by atoms with E-state index in [0.717, 1.165) is 22.3 Å². The molecule has 0 aliphatic rings. The van der Waals surface area contributed by atoms with Gasteiger partial charge in [0.15, 0.2) is 5.82 Å². The summed E-state index contributed by atoms with van der Waals surface area (Å²) >= 11 is 0. The number of hydrogen-bond acceptors (Lipinski definition) is 1. The molecule has 2 aromatic carbocycles. The van der Waals surface area contributed by atoms with Crippen molar-refractivity contribution in [3.63, 3.8) is 0 Å². The van der Waals surface area contributed by atoms with Crippen molar-refractivity contribution in [1.29, 1.82) is 0 Å². The molecule has 0 saturated carbocycles. The summed E-state index contributed by atoms with van der Waals surface area (Å²) in [6, 6.07) is 20.0. The van der Waals surface area contributed by atoms with Crippen LogP contribution in [0.1, 0.15) is 0 Å². The lowest BCUT2D eigenvalue weighted by atomic mass is 10.1. The number of hydrogen-bond donors (Lipinski definition) is 0. The number of benzene rings is 2. The average molecular weight is 219 g/mol. The van der Waals surface area contributed by atoms with Crippen LogP contribution >= 0.6 is 0 Å². The zero-order valence-electron chi connectivity index (χ0n) is 9.25. The predicted molar refractivity (Wildman–Crippen MR) is 69.6 cm³/mol. The molecule has 0 aliphatic heterocycles. The van der Waals surface area contributed by atoms with Crippen LogP contribution in [0.2, 0.25) is 0 Å². The molecule has 2 heteroatoms. The zero-order chi connectivity index (χ0) is 11.5. The van der Waals surface area contributed by atoms with Gasteiger partial charge in [-0.1, -0.05) is 42.5 Å². The lowest BCUT2D eigenvalue weighted by Gasteiger charge is -2.05. The number of para-hydroxylation sites is 1. The van der Waals surface area contributed by atoms with Crippen molar-refractivity contribution in [2.24, 2.45) is 0 Å². The Labute approximate surface area is 99.9 Å². The van der Waals surface area contributed by atoms with Gasteiger partial charge in [0.1, 0.15) is 0 Å². The number of aromatic nitrogens is 1. The van der Waals surface area contributed by atoms with E-state index in [1.807, 2.05) is 54.6 Å². The Morgan fingerprint density at radius 1 is 0.765 bits per heavy atom. The van der Waals surface area contributed by atoms with Gasteiger partial charge in [-0.05, 0) is 23.6 Å². The second-order valence-corrected chi connectivity index (χ2v) is 3.80. The van der Waals surface area contributed by atoms with Crippen molar-refractivity contribution in [2.75, 3.05) is 0 Å². The molecule has 0 saturated heterocycles. The second-order valence-electron chi connectivity index (χ2n) is 3.80. The largest absolute Gasteiger partial charge is 0.237 e. The van der Waals surface area contributed by atoms with Gasteiger partial charge in [-0.2, -0.15) is 0 Å². The van der Waals surface area contributed by atoms with E-state index < -0.39 is 0 Å². The maximum absolute atomic E-state index is 4.56. The number of fused-ring (bicyclic) bond motifs is 1. The molecule has 0 atom stereocenters. The maximum atomic E-state index is 4.56. The molecule has 0 fully saturated rings. The Hall–Kier alpha value is -2.35. The molecular formula is C15H11N2. The molecule has 3 rings (SSSR count). The second kappa shape index (κ2) is 4.26. The molecule has 0 bridgehead atoms. The van der Waals surface area contributed by atoms with E-state index in [4.69, 9.17) is 0 Å². The Kier molecular flexibility index (Phi) is 2.47. The minimum atomic E-state index is 0.773. The summed E-state index contributed by atoms with van der Waals surface area (Å²) in [5.41, 5.74) is 0.927. The van der Waals surface area contributed by atoms with Gasteiger partial charge in [0.25, 0.3) is 0 Å². The van der Waals surface area contributed by atoms with Crippen LogP contribution in [-0.4, -0.2) is 4.98 Å². The summed E-state index contributed by atoms with van der Waals surface area (Å²) in [7, 11) is 0. The van der Waals surface area contributed by atoms with Gasteiger partial charge in [0.2, 0.25) is 0 Å². The lowest BCUT2D eigenvalue weighted by Crippen LogP contribution is -1.92. The van der Waals surface area contributed by atoms with Crippen molar-refractivity contribution >= 4 is 22.3 Å². The minimum absolute atomic E-state index is 0.773. The van der Waals surface area contributed by atoms with Crippen molar-refractivity contribution in [3.8, 4) is 0 Å². The van der Waals surface area contributed by atoms with E-state index in [2.05, 4.69) is 16.4 Å². The van der Waals surface area contributed by atoms with Crippen LogP contribution in [0.5, 0.6) is 0 Å². The van der Waals surface area contributed by atoms with E-state index in [-0.39, 0.29) is 0 Å². The average Bonchev–Trinajstić information content (AvgIpc) is 2.40. The molecule has 2 nitrogen and oxygen atoms in total. The summed E-state index contributed by atoms with van der Waals surface area (Å²) in [6.45, 7) is 0. The van der Waals surface area contributed by atoms with E-state index in [9.17, 15) is 0 Å². The quantitative estimate of drug-likeness (QED) is 0.644. The van der Waals surface area contributed by atoms with Crippen LogP contribution < -0.4 is 5.32 Å². The predicted octanol–water partition coefficient (Wildman–Crippen LogP) is 3.80. The minimum Gasteiger partial charge on any atom is -0.237 e. The molecule has 3 aromatic rings. The van der Waals surface area contributed by atoms with E-state index in [0.29, 0.717) is 0 Å². The molecular weight excluding hydrogens is 208 g/mol. The van der Waals surface area contributed by atoms with Gasteiger partial charge in [-0.3, -0.25) is 0 Å². The van der Waals surface area contributed by atoms with Crippen LogP contribution in [0.15, 0.2) is 66.9 Å². The molecule has 0 amide bonds. The standard InChI is InChI=1S/C15H11N2/c1-2-7-13(8-3-1)17-15-14-9-5-4-6-12(14)10-11-16-15/h1-11H. The first-order chi connectivity index (χ1) is 8.43. The Morgan fingerprint density at radius 2 is 1.53 bits per heavy atom. The first-order valence-corrected chi connectivity index (χ1v) is 5.54. The normalized spacial score (nSPS) is 10.4. The monoisotopic (exact) mass is 219 g/mol. The molecule has 1 aromatic heterocycles. The van der Waals surface area contributed by atoms with Crippen molar-refractivity contribution in [3.05, 3.63) is 66.9 Å². The van der Waals surface area contributed by atoms with Gasteiger partial charge in [-0.15, -0.1) is 0 Å².